The highest BCUT2D eigenvalue weighted by Crippen LogP contribution is 2.36. The lowest BCUT2D eigenvalue weighted by Crippen LogP contribution is -2.38. The Morgan fingerprint density at radius 3 is 3.00 bits per heavy atom. The van der Waals surface area contributed by atoms with Gasteiger partial charge in [-0.3, -0.25) is 0 Å². The predicted octanol–water partition coefficient (Wildman–Crippen LogP) is 3.33. The summed E-state index contributed by atoms with van der Waals surface area (Å²) in [6, 6.07) is 0.932. The normalized spacial score (nSPS) is 35.0. The first-order chi connectivity index (χ1) is 15.3. The lowest BCUT2D eigenvalue weighted by Gasteiger charge is -2.32. The molecule has 4 nitrogen and oxygen atoms in total. The molecule has 1 N–H and O–H groups in total. The maximum atomic E-state index is 14.1. The Morgan fingerprint density at radius 1 is 1.29 bits per heavy atom. The molecule has 2 atom stereocenters. The van der Waals surface area contributed by atoms with E-state index in [1.807, 2.05) is 0 Å². The highest BCUT2D eigenvalue weighted by Gasteiger charge is 2.27. The molecule has 1 saturated heterocycles. The van der Waals surface area contributed by atoms with Crippen molar-refractivity contribution in [2.24, 2.45) is 5.89 Å². The van der Waals surface area contributed by atoms with Gasteiger partial charge in [0.25, 0.3) is 0 Å². The van der Waals surface area contributed by atoms with E-state index >= 15 is 0 Å². The van der Waals surface area contributed by atoms with Crippen LogP contribution in [0.15, 0.2) is 42.4 Å². The van der Waals surface area contributed by atoms with Crippen molar-refractivity contribution >= 4 is 0 Å². The standard InChI is InChI=1S/C19H20FNO3/c20-15-3-1-13(2-4-15)17-7-8-21-10-14(17)11-22-16-5-6-18-19(9-16)24-12-23-18/h1-6,9,14,17,21H,7-8,10-12H2/t14-,17?/m1/s1/i1D,2D,3D,4D,7D2,12D2,14D. The first-order valence-electron chi connectivity index (χ1n) is 11.9. The molecule has 2 aliphatic heterocycles. The second-order valence-corrected chi connectivity index (χ2v) is 5.31. The van der Waals surface area contributed by atoms with Gasteiger partial charge in [-0.25, -0.2) is 4.39 Å². The molecule has 0 aromatic heterocycles. The van der Waals surface area contributed by atoms with E-state index < -0.39 is 61.5 Å². The zero-order valence-corrected chi connectivity index (χ0v) is 12.5. The Hall–Kier alpha value is -2.27. The molecule has 0 aliphatic carbocycles. The molecule has 0 amide bonds. The lowest BCUT2D eigenvalue weighted by molar-refractivity contribution is 0.173. The number of hydrogen-bond acceptors (Lipinski definition) is 4. The van der Waals surface area contributed by atoms with Gasteiger partial charge in [-0.15, -0.1) is 0 Å². The number of piperidine rings is 1. The van der Waals surface area contributed by atoms with Crippen LogP contribution in [0.25, 0.3) is 0 Å². The van der Waals surface area contributed by atoms with Gasteiger partial charge in [0.05, 0.1) is 12.1 Å². The summed E-state index contributed by atoms with van der Waals surface area (Å²) < 4.78 is 103. The highest BCUT2D eigenvalue weighted by molar-refractivity contribution is 5.46. The van der Waals surface area contributed by atoms with E-state index in [1.54, 1.807) is 0 Å². The maximum Gasteiger partial charge on any atom is 0.231 e. The fraction of sp³-hybridized carbons (Fsp3) is 0.368. The number of rotatable bonds is 4. The fourth-order valence-corrected chi connectivity index (χ4v) is 2.56. The quantitative estimate of drug-likeness (QED) is 0.928. The zero-order valence-electron chi connectivity index (χ0n) is 21.5. The number of halogens is 1. The molecule has 0 radical (unpaired) electrons. The van der Waals surface area contributed by atoms with Gasteiger partial charge in [-0.05, 0) is 48.6 Å². The van der Waals surface area contributed by atoms with E-state index in [0.29, 0.717) is 0 Å². The molecule has 0 spiro atoms. The number of ether oxygens (including phenoxy) is 3. The maximum absolute atomic E-state index is 14.1. The minimum absolute atomic E-state index is 0.0864. The van der Waals surface area contributed by atoms with Crippen LogP contribution in [0.5, 0.6) is 17.2 Å². The topological polar surface area (TPSA) is 39.7 Å². The molecule has 4 rings (SSSR count). The van der Waals surface area contributed by atoms with Crippen LogP contribution in [0, 0.1) is 11.7 Å². The van der Waals surface area contributed by atoms with E-state index in [9.17, 15) is 4.39 Å². The molecule has 2 heterocycles. The van der Waals surface area contributed by atoms with Crippen molar-refractivity contribution in [1.29, 1.82) is 0 Å². The van der Waals surface area contributed by atoms with E-state index in [-0.39, 0.29) is 35.9 Å². The Labute approximate surface area is 153 Å². The van der Waals surface area contributed by atoms with Crippen LogP contribution in [-0.2, 0) is 0 Å². The third-order valence-electron chi connectivity index (χ3n) is 3.74. The molecule has 2 aliphatic rings. The Balaban J connectivity index is 1.69. The third-order valence-corrected chi connectivity index (χ3v) is 3.74. The molecule has 0 bridgehead atoms. The first kappa shape index (κ1) is 8.21. The largest absolute Gasteiger partial charge is 0.493 e. The molecule has 0 saturated carbocycles. The minimum Gasteiger partial charge on any atom is -0.493 e. The Morgan fingerprint density at radius 2 is 2.12 bits per heavy atom. The highest BCUT2D eigenvalue weighted by atomic mass is 19.1. The summed E-state index contributed by atoms with van der Waals surface area (Å²) in [7, 11) is 0. The summed E-state index contributed by atoms with van der Waals surface area (Å²) in [5, 5.41) is 2.81. The van der Waals surface area contributed by atoms with Crippen LogP contribution in [0.3, 0.4) is 0 Å². The summed E-state index contributed by atoms with van der Waals surface area (Å²) >= 11 is 0. The zero-order chi connectivity index (χ0) is 24.3. The van der Waals surface area contributed by atoms with Gasteiger partial charge in [0.15, 0.2) is 11.5 Å². The summed E-state index contributed by atoms with van der Waals surface area (Å²) in [6.07, 6.45) is -2.17. The van der Waals surface area contributed by atoms with Crippen molar-refractivity contribution in [2.75, 3.05) is 26.4 Å². The molecule has 5 heteroatoms. The number of nitrogens with one attached hydrogen (secondary N) is 1. The van der Waals surface area contributed by atoms with E-state index in [0.717, 1.165) is 0 Å². The smallest absolute Gasteiger partial charge is 0.231 e. The van der Waals surface area contributed by atoms with Crippen LogP contribution in [0.2, 0.25) is 0 Å². The third kappa shape index (κ3) is 3.17. The second kappa shape index (κ2) is 6.69. The van der Waals surface area contributed by atoms with E-state index in [1.165, 1.54) is 18.2 Å². The first-order valence-corrected chi connectivity index (χ1v) is 7.37. The molecule has 126 valence electrons. The summed E-state index contributed by atoms with van der Waals surface area (Å²) in [4.78, 5) is 0. The molecule has 1 fully saturated rings. The van der Waals surface area contributed by atoms with Crippen LogP contribution in [0.4, 0.5) is 4.39 Å². The van der Waals surface area contributed by atoms with Crippen LogP contribution in [0.1, 0.15) is 30.2 Å². The molecule has 24 heavy (non-hydrogen) atoms. The second-order valence-electron chi connectivity index (χ2n) is 5.31. The average Bonchev–Trinajstić information content (AvgIpc) is 3.04. The van der Waals surface area contributed by atoms with Gasteiger partial charge in [-0.2, -0.15) is 0 Å². The van der Waals surface area contributed by atoms with Gasteiger partial charge in [0.2, 0.25) is 6.75 Å². The molecular weight excluding hydrogens is 309 g/mol. The van der Waals surface area contributed by atoms with Crippen LogP contribution in [-0.4, -0.2) is 26.4 Å². The average molecular weight is 338 g/mol. The van der Waals surface area contributed by atoms with Crippen LogP contribution >= 0.6 is 0 Å². The SMILES string of the molecule is [2H]c1c([2H])c(C2C([2H])([2H])CNC[C@]2([2H])COc2ccc3c(c2)OC([2H])([2H])O3)c([2H])c([2H])c1F. The van der Waals surface area contributed by atoms with Crippen molar-refractivity contribution in [3.8, 4) is 17.2 Å². The lowest BCUT2D eigenvalue weighted by atomic mass is 9.81. The molecule has 1 unspecified atom stereocenters. The van der Waals surface area contributed by atoms with Crippen molar-refractivity contribution in [3.63, 3.8) is 0 Å². The van der Waals surface area contributed by atoms with Crippen molar-refractivity contribution in [3.05, 3.63) is 53.7 Å². The Kier molecular flexibility index (Phi) is 2.29. The summed E-state index contributed by atoms with van der Waals surface area (Å²) in [5.41, 5.74) is -0.379. The molecule has 2 aromatic carbocycles. The Bertz CT molecular complexity index is 1090. The van der Waals surface area contributed by atoms with Crippen molar-refractivity contribution in [1.82, 2.24) is 5.32 Å². The minimum atomic E-state index is -2.33. The van der Waals surface area contributed by atoms with Crippen molar-refractivity contribution < 1.29 is 30.9 Å². The summed E-state index contributed by atoms with van der Waals surface area (Å²) in [6.45, 7) is -3.06. The number of hydrogen-bond donors (Lipinski definition) is 1. The van der Waals surface area contributed by atoms with E-state index in [4.69, 9.17) is 26.5 Å². The van der Waals surface area contributed by atoms with Gasteiger partial charge in [-0.1, -0.05) is 12.1 Å². The van der Waals surface area contributed by atoms with Gasteiger partial charge < -0.3 is 19.5 Å². The van der Waals surface area contributed by atoms with Crippen molar-refractivity contribution in [2.45, 2.75) is 12.3 Å². The van der Waals surface area contributed by atoms with Crippen LogP contribution < -0.4 is 19.5 Å². The monoisotopic (exact) mass is 338 g/mol. The van der Waals surface area contributed by atoms with Gasteiger partial charge in [0.1, 0.15) is 14.3 Å². The van der Waals surface area contributed by atoms with Gasteiger partial charge >= 0.3 is 0 Å². The molecule has 2 aromatic rings. The van der Waals surface area contributed by atoms with E-state index in [2.05, 4.69) is 5.32 Å². The van der Waals surface area contributed by atoms with Gasteiger partial charge in [0, 0.05) is 22.6 Å². The number of benzene rings is 2. The predicted molar refractivity (Wildman–Crippen MR) is 88.2 cm³/mol. The molecular formula is C19H20FNO3. The number of fused-ring (bicyclic) bond motifs is 1. The fourth-order valence-electron chi connectivity index (χ4n) is 2.56. The summed E-state index contributed by atoms with van der Waals surface area (Å²) in [5.74, 6) is -4.17.